The lowest BCUT2D eigenvalue weighted by atomic mass is 10.1. The van der Waals surface area contributed by atoms with Crippen LogP contribution in [0.2, 0.25) is 0 Å². The second-order valence-corrected chi connectivity index (χ2v) is 5.71. The second kappa shape index (κ2) is 8.70. The molecule has 0 aliphatic carbocycles. The van der Waals surface area contributed by atoms with Gasteiger partial charge in [-0.3, -0.25) is 14.5 Å². The molecule has 1 fully saturated rings. The van der Waals surface area contributed by atoms with Gasteiger partial charge in [0.15, 0.2) is 0 Å². The molecule has 0 unspecified atom stereocenters. The topological polar surface area (TPSA) is 99.8 Å². The van der Waals surface area contributed by atoms with Gasteiger partial charge in [0.05, 0.1) is 6.61 Å². The van der Waals surface area contributed by atoms with E-state index < -0.39 is 11.6 Å². The van der Waals surface area contributed by atoms with E-state index in [2.05, 4.69) is 16.0 Å². The van der Waals surface area contributed by atoms with Crippen molar-refractivity contribution in [1.82, 2.24) is 20.9 Å². The fourth-order valence-electron chi connectivity index (χ4n) is 2.10. The third kappa shape index (κ3) is 5.61. The molecule has 1 rings (SSSR count). The number of nitrogens with one attached hydrogen (secondary N) is 3. The largest absolute Gasteiger partial charge is 0.383 e. The van der Waals surface area contributed by atoms with Crippen molar-refractivity contribution in [2.75, 3.05) is 39.9 Å². The van der Waals surface area contributed by atoms with Crippen LogP contribution in [0, 0.1) is 0 Å². The van der Waals surface area contributed by atoms with Gasteiger partial charge in [0.1, 0.15) is 5.54 Å². The summed E-state index contributed by atoms with van der Waals surface area (Å²) in [5.74, 6) is -0.333. The molecule has 0 bridgehead atoms. The van der Waals surface area contributed by atoms with Crippen LogP contribution in [0.25, 0.3) is 0 Å². The average Bonchev–Trinajstić information content (AvgIpc) is 2.64. The Hall–Kier alpha value is -1.67. The van der Waals surface area contributed by atoms with Gasteiger partial charge in [0, 0.05) is 39.7 Å². The lowest BCUT2D eigenvalue weighted by Gasteiger charge is -2.15. The van der Waals surface area contributed by atoms with E-state index in [1.165, 1.54) is 4.90 Å². The predicted molar refractivity (Wildman–Crippen MR) is 81.3 cm³/mol. The predicted octanol–water partition coefficient (Wildman–Crippen LogP) is -0.551. The Balaban J connectivity index is 2.13. The summed E-state index contributed by atoms with van der Waals surface area (Å²) in [6.07, 6.45) is 0.744. The number of ether oxygens (including phenoxy) is 1. The highest BCUT2D eigenvalue weighted by Gasteiger charge is 2.43. The zero-order valence-corrected chi connectivity index (χ0v) is 13.5. The maximum atomic E-state index is 11.9. The number of hydrogen-bond acceptors (Lipinski definition) is 5. The summed E-state index contributed by atoms with van der Waals surface area (Å²) in [5, 5.41) is 8.50. The quantitative estimate of drug-likeness (QED) is 0.371. The van der Waals surface area contributed by atoms with Crippen LogP contribution in [0.3, 0.4) is 0 Å². The molecular weight excluding hydrogens is 288 g/mol. The van der Waals surface area contributed by atoms with Crippen LogP contribution in [0.15, 0.2) is 0 Å². The average molecular weight is 314 g/mol. The Morgan fingerprint density at radius 3 is 2.59 bits per heavy atom. The van der Waals surface area contributed by atoms with Gasteiger partial charge in [-0.05, 0) is 20.3 Å². The van der Waals surface area contributed by atoms with Crippen molar-refractivity contribution in [2.45, 2.75) is 32.2 Å². The Kier molecular flexibility index (Phi) is 7.26. The molecule has 1 aliphatic heterocycles. The van der Waals surface area contributed by atoms with E-state index in [1.807, 2.05) is 0 Å². The van der Waals surface area contributed by atoms with Gasteiger partial charge in [0.25, 0.3) is 5.91 Å². The third-order valence-corrected chi connectivity index (χ3v) is 3.34. The van der Waals surface area contributed by atoms with Gasteiger partial charge in [-0.15, -0.1) is 0 Å². The van der Waals surface area contributed by atoms with Crippen molar-refractivity contribution in [3.05, 3.63) is 0 Å². The van der Waals surface area contributed by atoms with Gasteiger partial charge in [-0.25, -0.2) is 4.79 Å². The standard InChI is InChI=1S/C14H26N4O4/c1-14(2)12(20)18(13(21)17-14)9-4-5-11(19)16-7-6-15-8-10-22-3/h15H,4-10H2,1-3H3,(H,16,19)(H,17,21). The van der Waals surface area contributed by atoms with Crippen LogP contribution in [-0.4, -0.2) is 68.2 Å². The van der Waals surface area contributed by atoms with Crippen LogP contribution >= 0.6 is 0 Å². The van der Waals surface area contributed by atoms with Gasteiger partial charge >= 0.3 is 6.03 Å². The fourth-order valence-corrected chi connectivity index (χ4v) is 2.10. The normalized spacial score (nSPS) is 16.8. The summed E-state index contributed by atoms with van der Waals surface area (Å²) >= 11 is 0. The molecule has 1 heterocycles. The number of carbonyl (C=O) groups excluding carboxylic acids is 3. The molecule has 22 heavy (non-hydrogen) atoms. The summed E-state index contributed by atoms with van der Waals surface area (Å²) in [4.78, 5) is 36.4. The molecular formula is C14H26N4O4. The molecule has 0 aromatic carbocycles. The molecule has 4 amide bonds. The Labute approximate surface area is 130 Å². The van der Waals surface area contributed by atoms with Crippen LogP contribution in [-0.2, 0) is 14.3 Å². The molecule has 126 valence electrons. The number of methoxy groups -OCH3 is 1. The van der Waals surface area contributed by atoms with Crippen molar-refractivity contribution >= 4 is 17.8 Å². The van der Waals surface area contributed by atoms with Crippen molar-refractivity contribution in [3.8, 4) is 0 Å². The van der Waals surface area contributed by atoms with Crippen LogP contribution in [0.1, 0.15) is 26.7 Å². The number of rotatable bonds is 10. The number of imide groups is 1. The lowest BCUT2D eigenvalue weighted by molar-refractivity contribution is -0.130. The molecule has 0 radical (unpaired) electrons. The summed E-state index contributed by atoms with van der Waals surface area (Å²) in [5.41, 5.74) is -0.854. The molecule has 1 saturated heterocycles. The number of amides is 4. The van der Waals surface area contributed by atoms with E-state index in [0.29, 0.717) is 26.1 Å². The fraction of sp³-hybridized carbons (Fsp3) is 0.786. The second-order valence-electron chi connectivity index (χ2n) is 5.71. The summed E-state index contributed by atoms with van der Waals surface area (Å²) < 4.78 is 4.89. The maximum absolute atomic E-state index is 11.9. The minimum absolute atomic E-state index is 0.0835. The van der Waals surface area contributed by atoms with Gasteiger partial charge in [0.2, 0.25) is 5.91 Å². The Morgan fingerprint density at radius 1 is 1.27 bits per heavy atom. The number of urea groups is 1. The first-order valence-electron chi connectivity index (χ1n) is 7.49. The molecule has 8 heteroatoms. The zero-order valence-electron chi connectivity index (χ0n) is 13.5. The first kappa shape index (κ1) is 18.4. The molecule has 0 aromatic heterocycles. The van der Waals surface area contributed by atoms with Crippen molar-refractivity contribution in [2.24, 2.45) is 0 Å². The molecule has 0 spiro atoms. The van der Waals surface area contributed by atoms with E-state index in [4.69, 9.17) is 4.74 Å². The molecule has 0 atom stereocenters. The maximum Gasteiger partial charge on any atom is 0.325 e. The number of nitrogens with zero attached hydrogens (tertiary/aromatic N) is 1. The zero-order chi connectivity index (χ0) is 16.6. The number of hydrogen-bond donors (Lipinski definition) is 3. The third-order valence-electron chi connectivity index (χ3n) is 3.34. The first-order valence-corrected chi connectivity index (χ1v) is 7.49. The highest BCUT2D eigenvalue weighted by molar-refractivity contribution is 6.06. The highest BCUT2D eigenvalue weighted by atomic mass is 16.5. The SMILES string of the molecule is COCCNCCNC(=O)CCCN1C(=O)NC(C)(C)C1=O. The van der Waals surface area contributed by atoms with Crippen LogP contribution in [0.5, 0.6) is 0 Å². The summed E-state index contributed by atoms with van der Waals surface area (Å²) in [6.45, 7) is 6.18. The summed E-state index contributed by atoms with van der Waals surface area (Å²) in [6, 6.07) is -0.391. The Bertz CT molecular complexity index is 412. The molecule has 0 saturated carbocycles. The van der Waals surface area contributed by atoms with Crippen LogP contribution in [0.4, 0.5) is 4.79 Å². The Morgan fingerprint density at radius 2 is 2.00 bits per heavy atom. The van der Waals surface area contributed by atoms with Gasteiger partial charge in [-0.2, -0.15) is 0 Å². The first-order chi connectivity index (χ1) is 10.4. The van der Waals surface area contributed by atoms with Crippen molar-refractivity contribution < 1.29 is 19.1 Å². The van der Waals surface area contributed by atoms with E-state index >= 15 is 0 Å². The lowest BCUT2D eigenvalue weighted by Crippen LogP contribution is -2.40. The monoisotopic (exact) mass is 314 g/mol. The number of carbonyl (C=O) groups is 3. The van der Waals surface area contributed by atoms with Crippen LogP contribution < -0.4 is 16.0 Å². The van der Waals surface area contributed by atoms with Gasteiger partial charge < -0.3 is 20.7 Å². The molecule has 8 nitrogen and oxygen atoms in total. The van der Waals surface area contributed by atoms with E-state index in [1.54, 1.807) is 21.0 Å². The molecule has 3 N–H and O–H groups in total. The van der Waals surface area contributed by atoms with Crippen molar-refractivity contribution in [3.63, 3.8) is 0 Å². The molecule has 0 aromatic rings. The summed E-state index contributed by atoms with van der Waals surface area (Å²) in [7, 11) is 1.63. The van der Waals surface area contributed by atoms with E-state index in [9.17, 15) is 14.4 Å². The molecule has 1 aliphatic rings. The minimum Gasteiger partial charge on any atom is -0.383 e. The van der Waals surface area contributed by atoms with Crippen molar-refractivity contribution in [1.29, 1.82) is 0 Å². The highest BCUT2D eigenvalue weighted by Crippen LogP contribution is 2.16. The smallest absolute Gasteiger partial charge is 0.325 e. The minimum atomic E-state index is -0.854. The van der Waals surface area contributed by atoms with E-state index in [-0.39, 0.29) is 24.8 Å². The van der Waals surface area contributed by atoms with Gasteiger partial charge in [-0.1, -0.05) is 0 Å². The van der Waals surface area contributed by atoms with E-state index in [0.717, 1.165) is 6.54 Å².